The van der Waals surface area contributed by atoms with Crippen LogP contribution in [0.2, 0.25) is 0 Å². The number of hydrogen-bond donors (Lipinski definition) is 2. The van der Waals surface area contributed by atoms with Gasteiger partial charge in [-0.2, -0.15) is 0 Å². The van der Waals surface area contributed by atoms with Crippen LogP contribution in [0, 0.1) is 5.92 Å². The molecule has 2 aliphatic rings. The molecule has 1 unspecified atom stereocenters. The minimum absolute atomic E-state index is 0.0890. The standard InChI is InChI=1S/C16H18BrNO5/c17-11-8-14-13(22-3-4-23-14)6-10(11)7-15(19)18-12(16(20)21)5-9-1-2-9/h6,8-9,12H,1-5,7H2,(H,18,19)(H,20,21). The van der Waals surface area contributed by atoms with E-state index in [2.05, 4.69) is 21.2 Å². The Morgan fingerprint density at radius 1 is 1.26 bits per heavy atom. The number of nitrogens with one attached hydrogen (secondary N) is 1. The molecule has 1 fully saturated rings. The SMILES string of the molecule is O=C(Cc1cc2c(cc1Br)OCCO2)NC(CC1CC1)C(=O)O. The van der Waals surface area contributed by atoms with Gasteiger partial charge in [-0.15, -0.1) is 0 Å². The number of halogens is 1. The number of hydrogen-bond acceptors (Lipinski definition) is 4. The number of benzene rings is 1. The Morgan fingerprint density at radius 2 is 1.91 bits per heavy atom. The Hall–Kier alpha value is -1.76. The summed E-state index contributed by atoms with van der Waals surface area (Å²) in [4.78, 5) is 23.4. The molecule has 1 amide bonds. The van der Waals surface area contributed by atoms with Gasteiger partial charge in [0.2, 0.25) is 5.91 Å². The van der Waals surface area contributed by atoms with Crippen molar-refractivity contribution in [3.8, 4) is 11.5 Å². The van der Waals surface area contributed by atoms with Crippen LogP contribution < -0.4 is 14.8 Å². The highest BCUT2D eigenvalue weighted by Crippen LogP contribution is 2.36. The zero-order valence-corrected chi connectivity index (χ0v) is 14.1. The first kappa shape index (κ1) is 16.1. The van der Waals surface area contributed by atoms with E-state index in [1.807, 2.05) is 0 Å². The maximum Gasteiger partial charge on any atom is 0.326 e. The van der Waals surface area contributed by atoms with E-state index in [1.54, 1.807) is 12.1 Å². The molecule has 2 N–H and O–H groups in total. The number of carbonyl (C=O) groups excluding carboxylic acids is 1. The van der Waals surface area contributed by atoms with E-state index >= 15 is 0 Å². The summed E-state index contributed by atoms with van der Waals surface area (Å²) in [5.74, 6) is 0.388. The van der Waals surface area contributed by atoms with Crippen molar-refractivity contribution < 1.29 is 24.2 Å². The largest absolute Gasteiger partial charge is 0.486 e. The topological polar surface area (TPSA) is 84.9 Å². The third-order valence-corrected chi connectivity index (χ3v) is 4.70. The van der Waals surface area contributed by atoms with E-state index in [-0.39, 0.29) is 12.3 Å². The monoisotopic (exact) mass is 383 g/mol. The molecule has 7 heteroatoms. The smallest absolute Gasteiger partial charge is 0.326 e. The number of fused-ring (bicyclic) bond motifs is 1. The summed E-state index contributed by atoms with van der Waals surface area (Å²) in [6.07, 6.45) is 2.69. The number of ether oxygens (including phenoxy) is 2. The molecule has 1 heterocycles. The minimum atomic E-state index is -0.980. The van der Waals surface area contributed by atoms with Crippen LogP contribution >= 0.6 is 15.9 Å². The summed E-state index contributed by atoms with van der Waals surface area (Å²) in [5.41, 5.74) is 0.738. The van der Waals surface area contributed by atoms with E-state index in [0.717, 1.165) is 22.9 Å². The fourth-order valence-corrected chi connectivity index (χ4v) is 3.03. The molecular weight excluding hydrogens is 366 g/mol. The van der Waals surface area contributed by atoms with Crippen molar-refractivity contribution in [1.82, 2.24) is 5.32 Å². The lowest BCUT2D eigenvalue weighted by molar-refractivity contribution is -0.142. The average Bonchev–Trinajstić information content (AvgIpc) is 3.31. The lowest BCUT2D eigenvalue weighted by Gasteiger charge is -2.20. The number of aliphatic carboxylic acids is 1. The molecule has 1 atom stereocenters. The maximum absolute atomic E-state index is 12.2. The molecule has 0 bridgehead atoms. The van der Waals surface area contributed by atoms with Crippen LogP contribution in [-0.4, -0.2) is 36.2 Å². The Balaban J connectivity index is 1.65. The van der Waals surface area contributed by atoms with Crippen molar-refractivity contribution in [3.05, 3.63) is 22.2 Å². The maximum atomic E-state index is 12.2. The van der Waals surface area contributed by atoms with Crippen LogP contribution in [0.15, 0.2) is 16.6 Å². The summed E-state index contributed by atoms with van der Waals surface area (Å²) >= 11 is 3.42. The molecule has 6 nitrogen and oxygen atoms in total. The van der Waals surface area contributed by atoms with Crippen LogP contribution in [-0.2, 0) is 16.0 Å². The van der Waals surface area contributed by atoms with Crippen molar-refractivity contribution in [2.24, 2.45) is 5.92 Å². The highest BCUT2D eigenvalue weighted by atomic mass is 79.9. The predicted octanol–water partition coefficient (Wildman–Crippen LogP) is 2.13. The molecule has 0 radical (unpaired) electrons. The van der Waals surface area contributed by atoms with Crippen LogP contribution in [0.3, 0.4) is 0 Å². The third kappa shape index (κ3) is 4.16. The number of carbonyl (C=O) groups is 2. The van der Waals surface area contributed by atoms with Gasteiger partial charge < -0.3 is 19.9 Å². The fourth-order valence-electron chi connectivity index (χ4n) is 2.57. The van der Waals surface area contributed by atoms with Gasteiger partial charge in [0, 0.05) is 4.47 Å². The first-order chi connectivity index (χ1) is 11.0. The van der Waals surface area contributed by atoms with E-state index in [9.17, 15) is 14.7 Å². The quantitative estimate of drug-likeness (QED) is 0.785. The van der Waals surface area contributed by atoms with Crippen molar-refractivity contribution in [2.45, 2.75) is 31.7 Å². The summed E-state index contributed by atoms with van der Waals surface area (Å²) in [5, 5.41) is 11.8. The second kappa shape index (κ2) is 6.78. The summed E-state index contributed by atoms with van der Waals surface area (Å²) < 4.78 is 11.7. The zero-order chi connectivity index (χ0) is 16.4. The van der Waals surface area contributed by atoms with Crippen molar-refractivity contribution >= 4 is 27.8 Å². The number of rotatable bonds is 6. The third-order valence-electron chi connectivity index (χ3n) is 3.96. The molecule has 1 aliphatic carbocycles. The first-order valence-corrected chi connectivity index (χ1v) is 8.42. The minimum Gasteiger partial charge on any atom is -0.486 e. The van der Waals surface area contributed by atoms with Gasteiger partial charge in [0.05, 0.1) is 6.42 Å². The normalized spacial score (nSPS) is 17.4. The Morgan fingerprint density at radius 3 is 2.52 bits per heavy atom. The second-order valence-corrected chi connectivity index (χ2v) is 6.76. The van der Waals surface area contributed by atoms with Crippen LogP contribution in [0.1, 0.15) is 24.8 Å². The average molecular weight is 384 g/mol. The molecule has 23 heavy (non-hydrogen) atoms. The molecule has 1 saturated carbocycles. The molecule has 124 valence electrons. The molecule has 1 aromatic rings. The number of carboxylic acid groups (broad SMARTS) is 1. The lowest BCUT2D eigenvalue weighted by Crippen LogP contribution is -2.41. The lowest BCUT2D eigenvalue weighted by atomic mass is 10.1. The van der Waals surface area contributed by atoms with Crippen LogP contribution in [0.5, 0.6) is 11.5 Å². The van der Waals surface area contributed by atoms with Gasteiger partial charge in [0.1, 0.15) is 19.3 Å². The van der Waals surface area contributed by atoms with Gasteiger partial charge in [0.25, 0.3) is 0 Å². The van der Waals surface area contributed by atoms with Gasteiger partial charge >= 0.3 is 5.97 Å². The first-order valence-electron chi connectivity index (χ1n) is 7.63. The summed E-state index contributed by atoms with van der Waals surface area (Å²) in [6.45, 7) is 0.976. The van der Waals surface area contributed by atoms with Crippen molar-refractivity contribution in [2.75, 3.05) is 13.2 Å². The molecule has 0 spiro atoms. The second-order valence-electron chi connectivity index (χ2n) is 5.90. The molecule has 3 rings (SSSR count). The van der Waals surface area contributed by atoms with Gasteiger partial charge in [0.15, 0.2) is 11.5 Å². The molecule has 0 saturated heterocycles. The van der Waals surface area contributed by atoms with E-state index in [1.165, 1.54) is 0 Å². The number of carboxylic acids is 1. The van der Waals surface area contributed by atoms with Crippen molar-refractivity contribution in [1.29, 1.82) is 0 Å². The van der Waals surface area contributed by atoms with Crippen molar-refractivity contribution in [3.63, 3.8) is 0 Å². The Bertz CT molecular complexity index is 629. The van der Waals surface area contributed by atoms with Crippen LogP contribution in [0.4, 0.5) is 0 Å². The van der Waals surface area contributed by atoms with E-state index in [0.29, 0.717) is 37.1 Å². The fraction of sp³-hybridized carbons (Fsp3) is 0.500. The highest BCUT2D eigenvalue weighted by Gasteiger charge is 2.30. The summed E-state index contributed by atoms with van der Waals surface area (Å²) in [7, 11) is 0. The van der Waals surface area contributed by atoms with Gasteiger partial charge in [-0.05, 0) is 30.0 Å². The zero-order valence-electron chi connectivity index (χ0n) is 12.5. The van der Waals surface area contributed by atoms with Crippen LogP contribution in [0.25, 0.3) is 0 Å². The van der Waals surface area contributed by atoms with Gasteiger partial charge in [-0.3, -0.25) is 4.79 Å². The van der Waals surface area contributed by atoms with E-state index in [4.69, 9.17) is 9.47 Å². The Kier molecular flexibility index (Phi) is 4.75. The molecular formula is C16H18BrNO5. The molecule has 0 aromatic heterocycles. The number of amides is 1. The van der Waals surface area contributed by atoms with Gasteiger partial charge in [-0.1, -0.05) is 28.8 Å². The van der Waals surface area contributed by atoms with Gasteiger partial charge in [-0.25, -0.2) is 4.79 Å². The van der Waals surface area contributed by atoms with E-state index < -0.39 is 12.0 Å². The summed E-state index contributed by atoms with van der Waals surface area (Å²) in [6, 6.07) is 2.72. The Labute approximate surface area is 142 Å². The predicted molar refractivity (Wildman–Crippen MR) is 85.7 cm³/mol. The highest BCUT2D eigenvalue weighted by molar-refractivity contribution is 9.10. The molecule has 1 aliphatic heterocycles. The molecule has 1 aromatic carbocycles.